The maximum atomic E-state index is 13.1. The summed E-state index contributed by atoms with van der Waals surface area (Å²) >= 11 is 0. The van der Waals surface area contributed by atoms with Gasteiger partial charge in [0.1, 0.15) is 12.2 Å². The molecule has 0 aliphatic carbocycles. The number of carbonyl (C=O) groups is 4. The number of hydrogen-bond donors (Lipinski definition) is 1. The number of amides is 3. The summed E-state index contributed by atoms with van der Waals surface area (Å²) < 4.78 is 12.2. The fourth-order valence-electron chi connectivity index (χ4n) is 3.93. The fourth-order valence-corrected chi connectivity index (χ4v) is 3.93. The van der Waals surface area contributed by atoms with Crippen LogP contribution in [0.1, 0.15) is 64.9 Å². The van der Waals surface area contributed by atoms with Crippen LogP contribution in [0.4, 0.5) is 9.59 Å². The Kier molecular flexibility index (Phi) is 7.60. The van der Waals surface area contributed by atoms with Crippen LogP contribution >= 0.6 is 0 Å². The molecule has 0 bridgehead atoms. The Balaban J connectivity index is 1.48. The first-order chi connectivity index (χ1) is 15.5. The Morgan fingerprint density at radius 3 is 2.55 bits per heavy atom. The quantitative estimate of drug-likeness (QED) is 0.485. The number of esters is 1. The van der Waals surface area contributed by atoms with Crippen LogP contribution in [0.5, 0.6) is 0 Å². The lowest BCUT2D eigenvalue weighted by Gasteiger charge is -2.36. The maximum absolute atomic E-state index is 13.1. The Bertz CT molecular complexity index is 898. The highest BCUT2D eigenvalue weighted by molar-refractivity contribution is 5.81. The summed E-state index contributed by atoms with van der Waals surface area (Å²) in [5.74, 6) is -0.164. The second kappa shape index (κ2) is 10.2. The van der Waals surface area contributed by atoms with Crippen LogP contribution in [0.3, 0.4) is 0 Å². The molecule has 0 aromatic carbocycles. The Hall–Kier alpha value is -3.11. The molecular weight excluding hydrogens is 430 g/mol. The molecule has 2 aliphatic rings. The Labute approximate surface area is 193 Å². The molecule has 0 spiro atoms. The summed E-state index contributed by atoms with van der Waals surface area (Å²) in [4.78, 5) is 55.8. The SMILES string of the molecule is CC(=O)NCCCC(=O)OCc1ncc2n1C(=O)N(C1CCN(C(=O)OC(C)(C)C)CC1)C2. The van der Waals surface area contributed by atoms with E-state index in [1.807, 2.05) is 20.8 Å². The van der Waals surface area contributed by atoms with Crippen LogP contribution in [0.25, 0.3) is 0 Å². The molecule has 1 saturated heterocycles. The van der Waals surface area contributed by atoms with Gasteiger partial charge < -0.3 is 24.6 Å². The van der Waals surface area contributed by atoms with E-state index >= 15 is 0 Å². The first kappa shape index (κ1) is 24.5. The van der Waals surface area contributed by atoms with Crippen molar-refractivity contribution >= 4 is 24.0 Å². The Morgan fingerprint density at radius 1 is 1.21 bits per heavy atom. The van der Waals surface area contributed by atoms with Crippen molar-refractivity contribution in [3.63, 3.8) is 0 Å². The number of rotatable bonds is 7. The van der Waals surface area contributed by atoms with Gasteiger partial charge in [-0.2, -0.15) is 0 Å². The van der Waals surface area contributed by atoms with Gasteiger partial charge in [-0.05, 0) is 40.0 Å². The third kappa shape index (κ3) is 6.45. The van der Waals surface area contributed by atoms with E-state index in [1.165, 1.54) is 11.5 Å². The molecule has 3 rings (SSSR count). The van der Waals surface area contributed by atoms with Gasteiger partial charge in [-0.1, -0.05) is 0 Å². The van der Waals surface area contributed by atoms with E-state index in [1.54, 1.807) is 16.0 Å². The minimum absolute atomic E-state index is 0.0141. The van der Waals surface area contributed by atoms with Gasteiger partial charge in [-0.15, -0.1) is 0 Å². The predicted octanol–water partition coefficient (Wildman–Crippen LogP) is 2.03. The van der Waals surface area contributed by atoms with Gasteiger partial charge in [0, 0.05) is 39.0 Å². The highest BCUT2D eigenvalue weighted by atomic mass is 16.6. The van der Waals surface area contributed by atoms with Crippen molar-refractivity contribution < 1.29 is 28.7 Å². The van der Waals surface area contributed by atoms with Gasteiger partial charge in [0.15, 0.2) is 5.82 Å². The van der Waals surface area contributed by atoms with E-state index in [4.69, 9.17) is 9.47 Å². The molecule has 1 fully saturated rings. The molecule has 1 N–H and O–H groups in total. The number of likely N-dealkylation sites (tertiary alicyclic amines) is 1. The normalized spacial score (nSPS) is 16.5. The van der Waals surface area contributed by atoms with E-state index in [0.717, 1.165) is 5.69 Å². The molecule has 2 aliphatic heterocycles. The van der Waals surface area contributed by atoms with E-state index in [-0.39, 0.29) is 37.1 Å². The number of carbonyl (C=O) groups excluding carboxylic acids is 4. The van der Waals surface area contributed by atoms with Crippen LogP contribution in [-0.4, -0.2) is 74.6 Å². The molecule has 1 aromatic heterocycles. The lowest BCUT2D eigenvalue weighted by Crippen LogP contribution is -2.48. The number of nitrogens with zero attached hydrogens (tertiary/aromatic N) is 4. The second-order valence-corrected chi connectivity index (χ2v) is 9.36. The highest BCUT2D eigenvalue weighted by Gasteiger charge is 2.37. The van der Waals surface area contributed by atoms with Crippen LogP contribution in [0.15, 0.2) is 6.20 Å². The molecule has 11 heteroatoms. The summed E-state index contributed by atoms with van der Waals surface area (Å²) in [5, 5.41) is 2.62. The first-order valence-corrected chi connectivity index (χ1v) is 11.3. The van der Waals surface area contributed by atoms with Crippen LogP contribution in [0.2, 0.25) is 0 Å². The molecule has 182 valence electrons. The highest BCUT2D eigenvalue weighted by Crippen LogP contribution is 2.27. The fraction of sp³-hybridized carbons (Fsp3) is 0.682. The smallest absolute Gasteiger partial charge is 0.410 e. The van der Waals surface area contributed by atoms with Crippen molar-refractivity contribution in [1.82, 2.24) is 24.7 Å². The number of imidazole rings is 1. The van der Waals surface area contributed by atoms with E-state index in [9.17, 15) is 19.2 Å². The van der Waals surface area contributed by atoms with Crippen molar-refractivity contribution in [1.29, 1.82) is 0 Å². The van der Waals surface area contributed by atoms with Gasteiger partial charge in [0.05, 0.1) is 18.4 Å². The average molecular weight is 464 g/mol. The molecule has 0 saturated carbocycles. The average Bonchev–Trinajstić information content (AvgIpc) is 3.28. The molecule has 3 heterocycles. The van der Waals surface area contributed by atoms with Gasteiger partial charge in [-0.3, -0.25) is 9.59 Å². The standard InChI is InChI=1S/C22H33N5O6/c1-15(28)23-9-5-6-19(29)32-14-18-24-12-17-13-26(20(30)27(17)18)16-7-10-25(11-8-16)21(31)33-22(2,3)4/h12,16H,5-11,13-14H2,1-4H3,(H,23,28). The van der Waals surface area contributed by atoms with Crippen LogP contribution < -0.4 is 5.32 Å². The minimum Gasteiger partial charge on any atom is -0.457 e. The molecule has 3 amide bonds. The third-order valence-corrected chi connectivity index (χ3v) is 5.53. The zero-order valence-corrected chi connectivity index (χ0v) is 19.8. The summed E-state index contributed by atoms with van der Waals surface area (Å²) in [5.41, 5.74) is 0.215. The zero-order chi connectivity index (χ0) is 24.2. The van der Waals surface area contributed by atoms with Crippen LogP contribution in [0, 0.1) is 0 Å². The maximum Gasteiger partial charge on any atom is 0.410 e. The number of aromatic nitrogens is 2. The van der Waals surface area contributed by atoms with Crippen molar-refractivity contribution in [2.45, 2.75) is 78.2 Å². The van der Waals surface area contributed by atoms with Gasteiger partial charge in [0.25, 0.3) is 0 Å². The van der Waals surface area contributed by atoms with Crippen molar-refractivity contribution in [3.05, 3.63) is 17.7 Å². The Morgan fingerprint density at radius 2 is 1.91 bits per heavy atom. The van der Waals surface area contributed by atoms with Gasteiger partial charge >= 0.3 is 18.1 Å². The van der Waals surface area contributed by atoms with Crippen molar-refractivity contribution in [2.24, 2.45) is 0 Å². The summed E-state index contributed by atoms with van der Waals surface area (Å²) in [6.45, 7) is 8.74. The van der Waals surface area contributed by atoms with Crippen molar-refractivity contribution in [2.75, 3.05) is 19.6 Å². The predicted molar refractivity (Wildman–Crippen MR) is 117 cm³/mol. The molecular formula is C22H33N5O6. The monoisotopic (exact) mass is 463 g/mol. The van der Waals surface area contributed by atoms with Gasteiger partial charge in [0.2, 0.25) is 5.91 Å². The van der Waals surface area contributed by atoms with E-state index in [0.29, 0.717) is 51.3 Å². The van der Waals surface area contributed by atoms with Crippen LogP contribution in [-0.2, 0) is 32.2 Å². The number of hydrogen-bond acceptors (Lipinski definition) is 7. The largest absolute Gasteiger partial charge is 0.457 e. The number of ether oxygens (including phenoxy) is 2. The lowest BCUT2D eigenvalue weighted by atomic mass is 10.0. The number of fused-ring (bicyclic) bond motifs is 1. The molecule has 11 nitrogen and oxygen atoms in total. The molecule has 0 unspecified atom stereocenters. The summed E-state index contributed by atoms with van der Waals surface area (Å²) in [6, 6.07) is -0.171. The van der Waals surface area contributed by atoms with Crippen molar-refractivity contribution in [3.8, 4) is 0 Å². The first-order valence-electron chi connectivity index (χ1n) is 11.3. The number of nitrogens with one attached hydrogen (secondary N) is 1. The molecule has 1 aromatic rings. The topological polar surface area (TPSA) is 123 Å². The number of piperidine rings is 1. The second-order valence-electron chi connectivity index (χ2n) is 9.36. The molecule has 0 radical (unpaired) electrons. The zero-order valence-electron chi connectivity index (χ0n) is 19.8. The summed E-state index contributed by atoms with van der Waals surface area (Å²) in [7, 11) is 0. The van der Waals surface area contributed by atoms with E-state index < -0.39 is 11.6 Å². The molecule has 33 heavy (non-hydrogen) atoms. The molecule has 0 atom stereocenters. The summed E-state index contributed by atoms with van der Waals surface area (Å²) in [6.07, 6.45) is 3.29. The van der Waals surface area contributed by atoms with E-state index in [2.05, 4.69) is 10.3 Å². The van der Waals surface area contributed by atoms with Gasteiger partial charge in [-0.25, -0.2) is 19.1 Å². The lowest BCUT2D eigenvalue weighted by molar-refractivity contribution is -0.145. The minimum atomic E-state index is -0.541. The third-order valence-electron chi connectivity index (χ3n) is 5.53.